The van der Waals surface area contributed by atoms with Crippen LogP contribution in [0, 0.1) is 5.92 Å². The highest BCUT2D eigenvalue weighted by molar-refractivity contribution is 9.10. The topological polar surface area (TPSA) is 59.2 Å². The molecule has 17 heavy (non-hydrogen) atoms. The van der Waals surface area contributed by atoms with Crippen molar-refractivity contribution in [2.24, 2.45) is 5.92 Å². The van der Waals surface area contributed by atoms with E-state index in [0.717, 1.165) is 22.2 Å². The van der Waals surface area contributed by atoms with Crippen LogP contribution < -0.4 is 0 Å². The highest BCUT2D eigenvalue weighted by Crippen LogP contribution is 2.37. The van der Waals surface area contributed by atoms with E-state index >= 15 is 0 Å². The van der Waals surface area contributed by atoms with Crippen molar-refractivity contribution in [3.8, 4) is 10.7 Å². The number of thiophene rings is 1. The van der Waals surface area contributed by atoms with Crippen molar-refractivity contribution < 1.29 is 9.63 Å². The standard InChI is InChI=1S/C11H11BrN2O2S/c12-7-4-8(17-5-7)10-13-11(16-14-10)9(15)6-2-1-3-6/h4-6,9,15H,1-3H2. The quantitative estimate of drug-likeness (QED) is 0.943. The molecule has 1 fully saturated rings. The van der Waals surface area contributed by atoms with Crippen LogP contribution in [0.4, 0.5) is 0 Å². The van der Waals surface area contributed by atoms with Crippen molar-refractivity contribution in [2.75, 3.05) is 0 Å². The molecule has 0 radical (unpaired) electrons. The molecule has 1 N–H and O–H groups in total. The van der Waals surface area contributed by atoms with E-state index in [-0.39, 0.29) is 0 Å². The molecule has 3 rings (SSSR count). The molecular weight excluding hydrogens is 304 g/mol. The normalized spacial score (nSPS) is 18.0. The number of aliphatic hydroxyl groups excluding tert-OH is 1. The van der Waals surface area contributed by atoms with Crippen LogP contribution in [-0.4, -0.2) is 15.2 Å². The molecule has 1 atom stereocenters. The molecule has 2 aromatic rings. The lowest BCUT2D eigenvalue weighted by molar-refractivity contribution is 0.0354. The smallest absolute Gasteiger partial charge is 0.256 e. The maximum Gasteiger partial charge on any atom is 0.256 e. The second kappa shape index (κ2) is 4.51. The van der Waals surface area contributed by atoms with Crippen molar-refractivity contribution in [1.82, 2.24) is 10.1 Å². The Hall–Kier alpha value is -0.720. The number of hydrogen-bond acceptors (Lipinski definition) is 5. The van der Waals surface area contributed by atoms with E-state index in [1.165, 1.54) is 6.42 Å². The molecule has 2 aromatic heterocycles. The molecule has 6 heteroatoms. The molecular formula is C11H11BrN2O2S. The fourth-order valence-corrected chi connectivity index (χ4v) is 3.19. The Balaban J connectivity index is 1.82. The Morgan fingerprint density at radius 1 is 1.53 bits per heavy atom. The Bertz CT molecular complexity index is 521. The first kappa shape index (κ1) is 11.4. The van der Waals surface area contributed by atoms with Gasteiger partial charge in [0.1, 0.15) is 6.10 Å². The van der Waals surface area contributed by atoms with E-state index in [0.29, 0.717) is 17.6 Å². The van der Waals surface area contributed by atoms with Gasteiger partial charge in [0, 0.05) is 9.85 Å². The van der Waals surface area contributed by atoms with Crippen LogP contribution in [0.1, 0.15) is 31.3 Å². The van der Waals surface area contributed by atoms with Gasteiger partial charge in [0.2, 0.25) is 5.82 Å². The Kier molecular flexibility index (Phi) is 3.02. The van der Waals surface area contributed by atoms with Crippen LogP contribution in [0.2, 0.25) is 0 Å². The van der Waals surface area contributed by atoms with Gasteiger partial charge in [-0.3, -0.25) is 0 Å². The van der Waals surface area contributed by atoms with Crippen LogP contribution in [0.15, 0.2) is 20.4 Å². The maximum atomic E-state index is 10.0. The average molecular weight is 315 g/mol. The van der Waals surface area contributed by atoms with Gasteiger partial charge in [-0.1, -0.05) is 11.6 Å². The van der Waals surface area contributed by atoms with Gasteiger partial charge in [0.15, 0.2) is 0 Å². The zero-order chi connectivity index (χ0) is 11.8. The Morgan fingerprint density at radius 3 is 2.94 bits per heavy atom. The zero-order valence-corrected chi connectivity index (χ0v) is 11.4. The summed E-state index contributed by atoms with van der Waals surface area (Å²) in [6.45, 7) is 0. The maximum absolute atomic E-state index is 10.0. The number of halogens is 1. The van der Waals surface area contributed by atoms with E-state index < -0.39 is 6.10 Å². The van der Waals surface area contributed by atoms with Gasteiger partial charge < -0.3 is 9.63 Å². The monoisotopic (exact) mass is 314 g/mol. The molecule has 0 aliphatic heterocycles. The third-order valence-corrected chi connectivity index (χ3v) is 4.77. The number of aromatic nitrogens is 2. The lowest BCUT2D eigenvalue weighted by Gasteiger charge is -2.27. The SMILES string of the molecule is OC(c1nc(-c2cc(Br)cs2)no1)C1CCC1. The molecule has 1 aliphatic carbocycles. The lowest BCUT2D eigenvalue weighted by Crippen LogP contribution is -2.20. The first-order chi connectivity index (χ1) is 8.24. The average Bonchev–Trinajstić information content (AvgIpc) is 2.82. The van der Waals surface area contributed by atoms with Crippen LogP contribution >= 0.6 is 27.3 Å². The van der Waals surface area contributed by atoms with E-state index in [1.807, 2.05) is 11.4 Å². The largest absolute Gasteiger partial charge is 0.383 e. The van der Waals surface area contributed by atoms with E-state index in [2.05, 4.69) is 26.1 Å². The summed E-state index contributed by atoms with van der Waals surface area (Å²) >= 11 is 4.93. The van der Waals surface area contributed by atoms with Crippen LogP contribution in [0.3, 0.4) is 0 Å². The Labute approximate surface area is 111 Å². The van der Waals surface area contributed by atoms with Crippen molar-refractivity contribution >= 4 is 27.3 Å². The summed E-state index contributed by atoms with van der Waals surface area (Å²) in [4.78, 5) is 5.20. The summed E-state index contributed by atoms with van der Waals surface area (Å²) in [5, 5.41) is 15.9. The molecule has 90 valence electrons. The van der Waals surface area contributed by atoms with Gasteiger partial charge in [-0.25, -0.2) is 0 Å². The van der Waals surface area contributed by atoms with Crippen molar-refractivity contribution in [1.29, 1.82) is 0 Å². The highest BCUT2D eigenvalue weighted by atomic mass is 79.9. The third-order valence-electron chi connectivity index (χ3n) is 3.08. The summed E-state index contributed by atoms with van der Waals surface area (Å²) < 4.78 is 6.13. The van der Waals surface area contributed by atoms with Crippen LogP contribution in [-0.2, 0) is 0 Å². The van der Waals surface area contributed by atoms with Crippen molar-refractivity contribution in [3.05, 3.63) is 21.8 Å². The predicted octanol–water partition coefficient (Wildman–Crippen LogP) is 3.39. The third kappa shape index (κ3) is 2.17. The summed E-state index contributed by atoms with van der Waals surface area (Å²) in [5.74, 6) is 1.18. The minimum Gasteiger partial charge on any atom is -0.383 e. The molecule has 0 aromatic carbocycles. The van der Waals surface area contributed by atoms with E-state index in [1.54, 1.807) is 11.3 Å². The molecule has 0 saturated heterocycles. The minimum atomic E-state index is -0.603. The first-order valence-electron chi connectivity index (χ1n) is 5.50. The summed E-state index contributed by atoms with van der Waals surface area (Å²) in [7, 11) is 0. The summed E-state index contributed by atoms with van der Waals surface area (Å²) in [5.41, 5.74) is 0. The van der Waals surface area contributed by atoms with Gasteiger partial charge in [0.05, 0.1) is 4.88 Å². The molecule has 0 amide bonds. The summed E-state index contributed by atoms with van der Waals surface area (Å²) in [6.07, 6.45) is 2.67. The van der Waals surface area contributed by atoms with Gasteiger partial charge in [-0.15, -0.1) is 11.3 Å². The number of rotatable bonds is 3. The number of hydrogen-bond donors (Lipinski definition) is 1. The van der Waals surface area contributed by atoms with Crippen LogP contribution in [0.25, 0.3) is 10.7 Å². The molecule has 1 aliphatic rings. The zero-order valence-electron chi connectivity index (χ0n) is 8.97. The fourth-order valence-electron chi connectivity index (χ4n) is 1.84. The van der Waals surface area contributed by atoms with Gasteiger partial charge in [-0.2, -0.15) is 4.98 Å². The second-order valence-electron chi connectivity index (χ2n) is 4.22. The molecule has 1 unspecified atom stereocenters. The van der Waals surface area contributed by atoms with Gasteiger partial charge >= 0.3 is 0 Å². The highest BCUT2D eigenvalue weighted by Gasteiger charge is 2.31. The van der Waals surface area contributed by atoms with Gasteiger partial charge in [0.25, 0.3) is 5.89 Å². The van der Waals surface area contributed by atoms with Crippen LogP contribution in [0.5, 0.6) is 0 Å². The molecule has 0 bridgehead atoms. The number of nitrogens with zero attached hydrogens (tertiary/aromatic N) is 2. The van der Waals surface area contributed by atoms with E-state index in [4.69, 9.17) is 4.52 Å². The molecule has 0 spiro atoms. The first-order valence-corrected chi connectivity index (χ1v) is 7.17. The second-order valence-corrected chi connectivity index (χ2v) is 6.05. The number of aliphatic hydroxyl groups is 1. The van der Waals surface area contributed by atoms with Crippen molar-refractivity contribution in [2.45, 2.75) is 25.4 Å². The predicted molar refractivity (Wildman–Crippen MR) is 67.6 cm³/mol. The molecule has 4 nitrogen and oxygen atoms in total. The Morgan fingerprint density at radius 2 is 2.35 bits per heavy atom. The van der Waals surface area contributed by atoms with Gasteiger partial charge in [-0.05, 0) is 40.8 Å². The lowest BCUT2D eigenvalue weighted by atomic mass is 9.81. The minimum absolute atomic E-state index is 0.290. The molecule has 1 saturated carbocycles. The van der Waals surface area contributed by atoms with E-state index in [9.17, 15) is 5.11 Å². The molecule has 2 heterocycles. The van der Waals surface area contributed by atoms with Crippen molar-refractivity contribution in [3.63, 3.8) is 0 Å². The fraction of sp³-hybridized carbons (Fsp3) is 0.455. The summed E-state index contributed by atoms with van der Waals surface area (Å²) in [6, 6.07) is 1.94.